The Kier molecular flexibility index (Phi) is 7.25. The van der Waals surface area contributed by atoms with Crippen molar-refractivity contribution >= 4 is 29.4 Å². The molecule has 0 spiro atoms. The summed E-state index contributed by atoms with van der Waals surface area (Å²) in [5.41, 5.74) is 4.89. The number of nitrogens with zero attached hydrogens (tertiary/aromatic N) is 3. The predicted octanol–water partition coefficient (Wildman–Crippen LogP) is 4.50. The maximum atomic E-state index is 12.3. The van der Waals surface area contributed by atoms with Crippen molar-refractivity contribution in [2.45, 2.75) is 32.5 Å². The van der Waals surface area contributed by atoms with E-state index >= 15 is 0 Å². The summed E-state index contributed by atoms with van der Waals surface area (Å²) in [5, 5.41) is 14.1. The van der Waals surface area contributed by atoms with Gasteiger partial charge < -0.3 is 5.32 Å². The van der Waals surface area contributed by atoms with Crippen LogP contribution in [-0.2, 0) is 11.3 Å². The zero-order valence-corrected chi connectivity index (χ0v) is 18.6. The number of rotatable bonds is 7. The van der Waals surface area contributed by atoms with E-state index in [0.29, 0.717) is 23.2 Å². The SMILES string of the molecule is C=CCn1c(SCC(=O)NC(=O)Nc2ccc(C)c(C)c2)nnc1-c1cccc(C)c1. The Labute approximate surface area is 186 Å². The van der Waals surface area contributed by atoms with Gasteiger partial charge in [-0.25, -0.2) is 4.79 Å². The molecule has 3 amide bonds. The summed E-state index contributed by atoms with van der Waals surface area (Å²) in [6, 6.07) is 13.0. The van der Waals surface area contributed by atoms with E-state index in [1.807, 2.05) is 61.7 Å². The van der Waals surface area contributed by atoms with Crippen LogP contribution in [0.2, 0.25) is 0 Å². The standard InChI is InChI=1S/C23H25N5O2S/c1-5-11-28-21(18-8-6-7-15(2)12-18)26-27-23(28)31-14-20(29)25-22(30)24-19-10-9-16(3)17(4)13-19/h5-10,12-13H,1,11,14H2,2-4H3,(H2,24,25,29,30). The monoisotopic (exact) mass is 435 g/mol. The summed E-state index contributed by atoms with van der Waals surface area (Å²) in [6.07, 6.45) is 1.75. The summed E-state index contributed by atoms with van der Waals surface area (Å²) in [4.78, 5) is 24.4. The first-order valence-corrected chi connectivity index (χ1v) is 10.8. The van der Waals surface area contributed by atoms with Gasteiger partial charge in [0, 0.05) is 17.8 Å². The van der Waals surface area contributed by atoms with Gasteiger partial charge in [0.2, 0.25) is 5.91 Å². The number of aromatic nitrogens is 3. The third kappa shape index (κ3) is 5.82. The van der Waals surface area contributed by atoms with E-state index in [0.717, 1.165) is 22.3 Å². The highest BCUT2D eigenvalue weighted by atomic mass is 32.2. The first kappa shape index (κ1) is 22.3. The molecule has 0 saturated carbocycles. The number of benzene rings is 2. The molecule has 0 saturated heterocycles. The highest BCUT2D eigenvalue weighted by Crippen LogP contribution is 2.24. The van der Waals surface area contributed by atoms with Crippen LogP contribution in [0.1, 0.15) is 16.7 Å². The van der Waals surface area contributed by atoms with Gasteiger partial charge >= 0.3 is 6.03 Å². The molecule has 2 aromatic carbocycles. The second-order valence-corrected chi connectivity index (χ2v) is 8.11. The third-order valence-corrected chi connectivity index (χ3v) is 5.62. The van der Waals surface area contributed by atoms with Crippen molar-refractivity contribution in [1.29, 1.82) is 0 Å². The number of thioether (sulfide) groups is 1. The van der Waals surface area contributed by atoms with Gasteiger partial charge in [0.05, 0.1) is 5.75 Å². The number of hydrogen-bond donors (Lipinski definition) is 2. The summed E-state index contributed by atoms with van der Waals surface area (Å²) in [7, 11) is 0. The van der Waals surface area contributed by atoms with Crippen LogP contribution in [0.15, 0.2) is 60.3 Å². The zero-order valence-electron chi connectivity index (χ0n) is 17.8. The number of aryl methyl sites for hydroxylation is 3. The summed E-state index contributed by atoms with van der Waals surface area (Å²) < 4.78 is 1.90. The van der Waals surface area contributed by atoms with Gasteiger partial charge in [-0.05, 0) is 50.1 Å². The van der Waals surface area contributed by atoms with Gasteiger partial charge in [0.25, 0.3) is 0 Å². The van der Waals surface area contributed by atoms with E-state index in [-0.39, 0.29) is 5.75 Å². The van der Waals surface area contributed by atoms with Crippen molar-refractivity contribution in [2.24, 2.45) is 0 Å². The molecule has 0 aliphatic rings. The van der Waals surface area contributed by atoms with Crippen LogP contribution in [0, 0.1) is 20.8 Å². The molecule has 0 radical (unpaired) electrons. The average molecular weight is 436 g/mol. The molecule has 1 heterocycles. The van der Waals surface area contributed by atoms with Crippen LogP contribution in [0.25, 0.3) is 11.4 Å². The van der Waals surface area contributed by atoms with Gasteiger partial charge in [0.1, 0.15) is 0 Å². The molecule has 1 aromatic heterocycles. The largest absolute Gasteiger partial charge is 0.325 e. The second-order valence-electron chi connectivity index (χ2n) is 7.16. The molecule has 0 fully saturated rings. The van der Waals surface area contributed by atoms with Gasteiger partial charge in [-0.2, -0.15) is 0 Å². The van der Waals surface area contributed by atoms with E-state index in [1.165, 1.54) is 11.8 Å². The van der Waals surface area contributed by atoms with Crippen LogP contribution in [0.4, 0.5) is 10.5 Å². The van der Waals surface area contributed by atoms with E-state index in [2.05, 4.69) is 27.4 Å². The lowest BCUT2D eigenvalue weighted by molar-refractivity contribution is -0.117. The number of nitrogens with one attached hydrogen (secondary N) is 2. The number of carbonyl (C=O) groups excluding carboxylic acids is 2. The van der Waals surface area contributed by atoms with Crippen LogP contribution < -0.4 is 10.6 Å². The molecule has 0 aliphatic carbocycles. The van der Waals surface area contributed by atoms with Gasteiger partial charge in [-0.15, -0.1) is 16.8 Å². The Morgan fingerprint density at radius 3 is 2.61 bits per heavy atom. The Hall–Kier alpha value is -3.39. The quantitative estimate of drug-likeness (QED) is 0.421. The molecule has 7 nitrogen and oxygen atoms in total. The molecule has 31 heavy (non-hydrogen) atoms. The molecule has 160 valence electrons. The van der Waals surface area contributed by atoms with Gasteiger partial charge in [-0.3, -0.25) is 14.7 Å². The molecular formula is C23H25N5O2S. The number of allylic oxidation sites excluding steroid dienone is 1. The maximum absolute atomic E-state index is 12.3. The highest BCUT2D eigenvalue weighted by molar-refractivity contribution is 7.99. The number of amides is 3. The smallest absolute Gasteiger partial charge is 0.308 e. The maximum Gasteiger partial charge on any atom is 0.325 e. The second kappa shape index (κ2) is 10.1. The third-order valence-electron chi connectivity index (χ3n) is 4.65. The molecule has 3 aromatic rings. The minimum Gasteiger partial charge on any atom is -0.308 e. The minimum atomic E-state index is -0.568. The molecule has 0 bridgehead atoms. The molecule has 0 aliphatic heterocycles. The van der Waals surface area contributed by atoms with Crippen LogP contribution >= 0.6 is 11.8 Å². The predicted molar refractivity (Wildman–Crippen MR) is 124 cm³/mol. The van der Waals surface area contributed by atoms with E-state index in [4.69, 9.17) is 0 Å². The number of hydrogen-bond acceptors (Lipinski definition) is 5. The fourth-order valence-electron chi connectivity index (χ4n) is 2.96. The number of urea groups is 1. The summed E-state index contributed by atoms with van der Waals surface area (Å²) in [6.45, 7) is 10.3. The Morgan fingerprint density at radius 2 is 1.90 bits per heavy atom. The number of imide groups is 1. The fraction of sp³-hybridized carbons (Fsp3) is 0.217. The molecule has 3 rings (SSSR count). The first-order valence-electron chi connectivity index (χ1n) is 9.79. The molecule has 2 N–H and O–H groups in total. The van der Waals surface area contributed by atoms with E-state index in [1.54, 1.807) is 12.1 Å². The van der Waals surface area contributed by atoms with Crippen molar-refractivity contribution < 1.29 is 9.59 Å². The van der Waals surface area contributed by atoms with Crippen LogP contribution in [-0.4, -0.2) is 32.5 Å². The van der Waals surface area contributed by atoms with Gasteiger partial charge in [-0.1, -0.05) is 47.7 Å². The topological polar surface area (TPSA) is 88.9 Å². The van der Waals surface area contributed by atoms with Crippen LogP contribution in [0.3, 0.4) is 0 Å². The first-order chi connectivity index (χ1) is 14.9. The Morgan fingerprint density at radius 1 is 1.10 bits per heavy atom. The van der Waals surface area contributed by atoms with Crippen molar-refractivity contribution in [1.82, 2.24) is 20.1 Å². The molecule has 8 heteroatoms. The number of anilines is 1. The minimum absolute atomic E-state index is 0.0312. The molecule has 0 atom stereocenters. The van der Waals surface area contributed by atoms with Crippen molar-refractivity contribution in [3.05, 3.63) is 71.8 Å². The summed E-state index contributed by atoms with van der Waals surface area (Å²) in [5.74, 6) is 0.319. The molecule has 0 unspecified atom stereocenters. The van der Waals surface area contributed by atoms with Gasteiger partial charge in [0.15, 0.2) is 11.0 Å². The Bertz CT molecular complexity index is 1120. The lowest BCUT2D eigenvalue weighted by atomic mass is 10.1. The van der Waals surface area contributed by atoms with E-state index < -0.39 is 11.9 Å². The van der Waals surface area contributed by atoms with E-state index in [9.17, 15) is 9.59 Å². The van der Waals surface area contributed by atoms with Crippen molar-refractivity contribution in [2.75, 3.05) is 11.1 Å². The lowest BCUT2D eigenvalue weighted by Crippen LogP contribution is -2.35. The highest BCUT2D eigenvalue weighted by Gasteiger charge is 2.16. The average Bonchev–Trinajstić information content (AvgIpc) is 3.12. The fourth-order valence-corrected chi connectivity index (χ4v) is 3.71. The summed E-state index contributed by atoms with van der Waals surface area (Å²) >= 11 is 1.22. The lowest BCUT2D eigenvalue weighted by Gasteiger charge is -2.09. The Balaban J connectivity index is 1.62. The number of carbonyl (C=O) groups is 2. The zero-order chi connectivity index (χ0) is 22.4. The molecular weight excluding hydrogens is 410 g/mol. The van der Waals surface area contributed by atoms with Crippen molar-refractivity contribution in [3.8, 4) is 11.4 Å². The van der Waals surface area contributed by atoms with Crippen molar-refractivity contribution in [3.63, 3.8) is 0 Å². The van der Waals surface area contributed by atoms with Crippen LogP contribution in [0.5, 0.6) is 0 Å². The normalized spacial score (nSPS) is 10.5.